The van der Waals surface area contributed by atoms with E-state index in [4.69, 9.17) is 16.9 Å². The summed E-state index contributed by atoms with van der Waals surface area (Å²) in [6.45, 7) is 0. The molecule has 0 saturated heterocycles. The van der Waals surface area contributed by atoms with Gasteiger partial charge in [-0.2, -0.15) is 5.26 Å². The van der Waals surface area contributed by atoms with Gasteiger partial charge in [-0.3, -0.25) is 0 Å². The molecule has 0 aromatic heterocycles. The van der Waals surface area contributed by atoms with Crippen LogP contribution in [0.1, 0.15) is 5.56 Å². The second kappa shape index (κ2) is 4.52. The molecule has 0 unspecified atom stereocenters. The molecule has 0 bridgehead atoms. The van der Waals surface area contributed by atoms with Crippen LogP contribution in [0.2, 0.25) is 5.02 Å². The standard InChI is InChI=1S/C13H6ClF2N/c14-11-4-8(7-17)3-10(5-11)9-1-2-12(15)13(16)6-9/h1-6H. The summed E-state index contributed by atoms with van der Waals surface area (Å²) in [6.07, 6.45) is 0. The summed E-state index contributed by atoms with van der Waals surface area (Å²) >= 11 is 5.83. The highest BCUT2D eigenvalue weighted by molar-refractivity contribution is 6.31. The Bertz CT molecular complexity index is 617. The summed E-state index contributed by atoms with van der Waals surface area (Å²) in [6, 6.07) is 10.2. The molecule has 0 amide bonds. The molecule has 17 heavy (non-hydrogen) atoms. The van der Waals surface area contributed by atoms with Gasteiger partial charge in [0, 0.05) is 5.02 Å². The molecule has 0 radical (unpaired) electrons. The molecule has 0 aliphatic heterocycles. The number of hydrogen-bond donors (Lipinski definition) is 0. The first kappa shape index (κ1) is 11.6. The maximum atomic E-state index is 13.1. The Morgan fingerprint density at radius 2 is 1.71 bits per heavy atom. The number of benzene rings is 2. The van der Waals surface area contributed by atoms with E-state index in [2.05, 4.69) is 0 Å². The molecular formula is C13H6ClF2N. The van der Waals surface area contributed by atoms with Gasteiger partial charge in [0.25, 0.3) is 0 Å². The lowest BCUT2D eigenvalue weighted by Crippen LogP contribution is -1.86. The van der Waals surface area contributed by atoms with Gasteiger partial charge in [-0.05, 0) is 41.5 Å². The zero-order chi connectivity index (χ0) is 12.4. The smallest absolute Gasteiger partial charge is 0.159 e. The van der Waals surface area contributed by atoms with Crippen LogP contribution >= 0.6 is 11.6 Å². The quantitative estimate of drug-likeness (QED) is 0.745. The number of nitrogens with zero attached hydrogens (tertiary/aromatic N) is 1. The lowest BCUT2D eigenvalue weighted by molar-refractivity contribution is 0.509. The van der Waals surface area contributed by atoms with Gasteiger partial charge in [-0.25, -0.2) is 8.78 Å². The van der Waals surface area contributed by atoms with Crippen LogP contribution < -0.4 is 0 Å². The number of nitriles is 1. The van der Waals surface area contributed by atoms with Crippen molar-refractivity contribution >= 4 is 11.6 Å². The van der Waals surface area contributed by atoms with Gasteiger partial charge in [-0.15, -0.1) is 0 Å². The molecule has 2 aromatic carbocycles. The highest BCUT2D eigenvalue weighted by atomic mass is 35.5. The highest BCUT2D eigenvalue weighted by Gasteiger charge is 2.06. The third-order valence-corrected chi connectivity index (χ3v) is 2.50. The average molecular weight is 250 g/mol. The minimum Gasteiger partial charge on any atom is -0.204 e. The van der Waals surface area contributed by atoms with Crippen LogP contribution in [0.4, 0.5) is 8.78 Å². The summed E-state index contributed by atoms with van der Waals surface area (Å²) < 4.78 is 25.9. The van der Waals surface area contributed by atoms with Crippen molar-refractivity contribution in [2.24, 2.45) is 0 Å². The van der Waals surface area contributed by atoms with Crippen molar-refractivity contribution in [2.45, 2.75) is 0 Å². The molecule has 0 fully saturated rings. The van der Waals surface area contributed by atoms with E-state index in [1.807, 2.05) is 6.07 Å². The van der Waals surface area contributed by atoms with E-state index in [0.29, 0.717) is 21.7 Å². The fraction of sp³-hybridized carbons (Fsp3) is 0. The molecule has 84 valence electrons. The van der Waals surface area contributed by atoms with Gasteiger partial charge in [-0.1, -0.05) is 17.7 Å². The number of hydrogen-bond acceptors (Lipinski definition) is 1. The zero-order valence-electron chi connectivity index (χ0n) is 8.55. The van der Waals surface area contributed by atoms with Crippen molar-refractivity contribution in [1.29, 1.82) is 5.26 Å². The lowest BCUT2D eigenvalue weighted by atomic mass is 10.0. The van der Waals surface area contributed by atoms with E-state index in [-0.39, 0.29) is 0 Å². The third-order valence-electron chi connectivity index (χ3n) is 2.28. The van der Waals surface area contributed by atoms with Crippen molar-refractivity contribution in [1.82, 2.24) is 0 Å². The third kappa shape index (κ3) is 2.43. The fourth-order valence-corrected chi connectivity index (χ4v) is 1.73. The molecule has 0 spiro atoms. The minimum atomic E-state index is -0.930. The maximum absolute atomic E-state index is 13.1. The van der Waals surface area contributed by atoms with Crippen LogP contribution in [0.3, 0.4) is 0 Å². The van der Waals surface area contributed by atoms with Crippen molar-refractivity contribution in [3.05, 3.63) is 58.6 Å². The highest BCUT2D eigenvalue weighted by Crippen LogP contribution is 2.25. The molecular weight excluding hydrogens is 244 g/mol. The van der Waals surface area contributed by atoms with E-state index < -0.39 is 11.6 Å². The first-order chi connectivity index (χ1) is 8.10. The largest absolute Gasteiger partial charge is 0.204 e. The van der Waals surface area contributed by atoms with Crippen LogP contribution in [0.25, 0.3) is 11.1 Å². The van der Waals surface area contributed by atoms with Gasteiger partial charge in [0.15, 0.2) is 11.6 Å². The Balaban J connectivity index is 2.56. The SMILES string of the molecule is N#Cc1cc(Cl)cc(-c2ccc(F)c(F)c2)c1. The monoisotopic (exact) mass is 249 g/mol. The molecule has 0 aliphatic rings. The predicted molar refractivity (Wildman–Crippen MR) is 61.5 cm³/mol. The van der Waals surface area contributed by atoms with E-state index in [9.17, 15) is 8.78 Å². The molecule has 2 rings (SSSR count). The second-order valence-corrected chi connectivity index (χ2v) is 3.91. The van der Waals surface area contributed by atoms with Crippen LogP contribution in [0.15, 0.2) is 36.4 Å². The van der Waals surface area contributed by atoms with Gasteiger partial charge in [0.2, 0.25) is 0 Å². The normalized spacial score (nSPS) is 10.0. The van der Waals surface area contributed by atoms with E-state index in [0.717, 1.165) is 12.1 Å². The molecule has 4 heteroatoms. The van der Waals surface area contributed by atoms with Crippen molar-refractivity contribution in [2.75, 3.05) is 0 Å². The summed E-state index contributed by atoms with van der Waals surface area (Å²) in [4.78, 5) is 0. The molecule has 1 nitrogen and oxygen atoms in total. The minimum absolute atomic E-state index is 0.372. The first-order valence-electron chi connectivity index (χ1n) is 4.76. The van der Waals surface area contributed by atoms with Crippen molar-refractivity contribution in [3.8, 4) is 17.2 Å². The molecule has 2 aromatic rings. The topological polar surface area (TPSA) is 23.8 Å². The van der Waals surface area contributed by atoms with Gasteiger partial charge >= 0.3 is 0 Å². The fourth-order valence-electron chi connectivity index (χ4n) is 1.50. The van der Waals surface area contributed by atoms with Crippen LogP contribution in [-0.2, 0) is 0 Å². The van der Waals surface area contributed by atoms with E-state index in [1.165, 1.54) is 12.1 Å². The zero-order valence-corrected chi connectivity index (χ0v) is 9.30. The van der Waals surface area contributed by atoms with E-state index in [1.54, 1.807) is 12.1 Å². The van der Waals surface area contributed by atoms with Crippen molar-refractivity contribution < 1.29 is 8.78 Å². The Kier molecular flexibility index (Phi) is 3.08. The average Bonchev–Trinajstić information content (AvgIpc) is 2.32. The summed E-state index contributed by atoms with van der Waals surface area (Å²) in [5.74, 6) is -1.84. The number of halogens is 3. The Labute approximate surface area is 102 Å². The first-order valence-corrected chi connectivity index (χ1v) is 5.14. The number of rotatable bonds is 1. The van der Waals surface area contributed by atoms with E-state index >= 15 is 0 Å². The Hall–Kier alpha value is -1.92. The van der Waals surface area contributed by atoms with Crippen LogP contribution in [0.5, 0.6) is 0 Å². The van der Waals surface area contributed by atoms with Gasteiger partial charge in [0.05, 0.1) is 11.6 Å². The summed E-state index contributed by atoms with van der Waals surface area (Å²) in [7, 11) is 0. The van der Waals surface area contributed by atoms with Crippen molar-refractivity contribution in [3.63, 3.8) is 0 Å². The lowest BCUT2D eigenvalue weighted by Gasteiger charge is -2.04. The van der Waals surface area contributed by atoms with Crippen LogP contribution in [0, 0.1) is 23.0 Å². The molecule has 0 atom stereocenters. The molecule has 0 saturated carbocycles. The molecule has 0 aliphatic carbocycles. The Morgan fingerprint density at radius 1 is 0.941 bits per heavy atom. The summed E-state index contributed by atoms with van der Waals surface area (Å²) in [5.41, 5.74) is 1.42. The second-order valence-electron chi connectivity index (χ2n) is 3.47. The molecule has 0 heterocycles. The van der Waals surface area contributed by atoms with Gasteiger partial charge < -0.3 is 0 Å². The van der Waals surface area contributed by atoms with Gasteiger partial charge in [0.1, 0.15) is 0 Å². The molecule has 0 N–H and O–H groups in total. The van der Waals surface area contributed by atoms with Crippen LogP contribution in [-0.4, -0.2) is 0 Å². The predicted octanol–water partition coefficient (Wildman–Crippen LogP) is 4.16. The Morgan fingerprint density at radius 3 is 2.35 bits per heavy atom. The maximum Gasteiger partial charge on any atom is 0.159 e. The summed E-state index contributed by atoms with van der Waals surface area (Å²) in [5, 5.41) is 9.17.